The summed E-state index contributed by atoms with van der Waals surface area (Å²) < 4.78 is 1.86. The van der Waals surface area contributed by atoms with Crippen molar-refractivity contribution in [1.82, 2.24) is 24.9 Å². The molecule has 1 aliphatic carbocycles. The van der Waals surface area contributed by atoms with Gasteiger partial charge in [0.1, 0.15) is 5.78 Å². The number of piperidine rings is 1. The van der Waals surface area contributed by atoms with Crippen LogP contribution in [0.2, 0.25) is 0 Å². The zero-order valence-corrected chi connectivity index (χ0v) is 17.1. The van der Waals surface area contributed by atoms with Gasteiger partial charge >= 0.3 is 0 Å². The van der Waals surface area contributed by atoms with Crippen LogP contribution in [0.3, 0.4) is 0 Å². The maximum Gasteiger partial charge on any atom is 0.177 e. The normalized spacial score (nSPS) is 20.9. The number of hydrogen-bond donors (Lipinski definition) is 1. The fourth-order valence-electron chi connectivity index (χ4n) is 4.74. The number of nitrogens with one attached hydrogen (secondary N) is 1. The Morgan fingerprint density at radius 3 is 3.03 bits per heavy atom. The molecule has 5 rings (SSSR count). The van der Waals surface area contributed by atoms with Gasteiger partial charge in [-0.05, 0) is 68.8 Å². The summed E-state index contributed by atoms with van der Waals surface area (Å²) in [5.41, 5.74) is 4.97. The van der Waals surface area contributed by atoms with Gasteiger partial charge in [0.25, 0.3) is 0 Å². The fraction of sp³-hybridized carbons (Fsp3) is 0.478. The first-order valence-corrected chi connectivity index (χ1v) is 10.6. The Balaban J connectivity index is 1.40. The molecule has 1 aromatic carbocycles. The van der Waals surface area contributed by atoms with Gasteiger partial charge in [-0.3, -0.25) is 9.78 Å². The molecule has 3 aromatic rings. The molecule has 3 heterocycles. The van der Waals surface area contributed by atoms with Crippen LogP contribution in [-0.2, 0) is 29.5 Å². The third-order valence-corrected chi connectivity index (χ3v) is 6.51. The number of carbonyl (C=O) groups is 1. The minimum absolute atomic E-state index is 0.295. The molecule has 1 atom stereocenters. The van der Waals surface area contributed by atoms with Gasteiger partial charge in [0.15, 0.2) is 11.5 Å². The van der Waals surface area contributed by atoms with Crippen LogP contribution < -0.4 is 5.32 Å². The summed E-state index contributed by atoms with van der Waals surface area (Å²) in [5.74, 6) is 1.70. The van der Waals surface area contributed by atoms with Crippen LogP contribution in [0.25, 0.3) is 5.65 Å². The maximum atomic E-state index is 12.3. The van der Waals surface area contributed by atoms with Crippen LogP contribution in [0.1, 0.15) is 54.9 Å². The van der Waals surface area contributed by atoms with Crippen molar-refractivity contribution >= 4 is 11.4 Å². The van der Waals surface area contributed by atoms with Crippen molar-refractivity contribution in [2.24, 2.45) is 5.92 Å². The summed E-state index contributed by atoms with van der Waals surface area (Å²) in [6, 6.07) is 6.37. The first-order chi connectivity index (χ1) is 14.0. The molecule has 0 bridgehead atoms. The SMILES string of the molecule is CC1(C)C(=O)Cc2cc(Cc3nc4c(CC5CCCNC5)nccn4n3)ccc21. The number of nitrogens with zero attached hydrogens (tertiary/aromatic N) is 4. The molecule has 2 aromatic heterocycles. The van der Waals surface area contributed by atoms with E-state index in [4.69, 9.17) is 4.98 Å². The fourth-order valence-corrected chi connectivity index (χ4v) is 4.74. The van der Waals surface area contributed by atoms with Crippen LogP contribution >= 0.6 is 0 Å². The molecule has 1 aliphatic heterocycles. The molecule has 0 radical (unpaired) electrons. The first kappa shape index (κ1) is 18.4. The van der Waals surface area contributed by atoms with Gasteiger partial charge in [-0.25, -0.2) is 9.50 Å². The highest BCUT2D eigenvalue weighted by atomic mass is 16.1. The highest BCUT2D eigenvalue weighted by Crippen LogP contribution is 2.36. The minimum atomic E-state index is -0.371. The predicted octanol–water partition coefficient (Wildman–Crippen LogP) is 2.66. The lowest BCUT2D eigenvalue weighted by atomic mass is 9.85. The number of Topliss-reactive ketones (excluding diaryl/α,β-unsaturated/α-hetero) is 1. The number of hydrogen-bond acceptors (Lipinski definition) is 5. The summed E-state index contributed by atoms with van der Waals surface area (Å²) in [5, 5.41) is 8.16. The van der Waals surface area contributed by atoms with Gasteiger partial charge in [-0.1, -0.05) is 18.2 Å². The molecular weight excluding hydrogens is 362 g/mol. The van der Waals surface area contributed by atoms with E-state index in [-0.39, 0.29) is 5.41 Å². The molecular formula is C23H27N5O. The Bertz CT molecular complexity index is 1080. The predicted molar refractivity (Wildman–Crippen MR) is 111 cm³/mol. The largest absolute Gasteiger partial charge is 0.316 e. The highest BCUT2D eigenvalue weighted by Gasteiger charge is 2.37. The van der Waals surface area contributed by atoms with Crippen LogP contribution in [0.5, 0.6) is 0 Å². The van der Waals surface area contributed by atoms with E-state index in [9.17, 15) is 4.79 Å². The molecule has 1 N–H and O–H groups in total. The monoisotopic (exact) mass is 389 g/mol. The summed E-state index contributed by atoms with van der Waals surface area (Å²) in [6.45, 7) is 6.20. The summed E-state index contributed by atoms with van der Waals surface area (Å²) in [4.78, 5) is 21.7. The second kappa shape index (κ2) is 7.02. The first-order valence-electron chi connectivity index (χ1n) is 10.6. The zero-order valence-electron chi connectivity index (χ0n) is 17.1. The number of rotatable bonds is 4. The van der Waals surface area contributed by atoms with Crippen LogP contribution in [-0.4, -0.2) is 38.5 Å². The molecule has 0 amide bonds. The molecule has 6 nitrogen and oxygen atoms in total. The summed E-state index contributed by atoms with van der Waals surface area (Å²) in [6.07, 6.45) is 8.28. The van der Waals surface area contributed by atoms with Crippen molar-refractivity contribution in [3.63, 3.8) is 0 Å². The van der Waals surface area contributed by atoms with E-state index in [1.807, 2.05) is 30.8 Å². The standard InChI is InChI=1S/C23H27N5O/c1-23(2)18-6-5-15(10-17(18)13-20(23)29)12-21-26-22-19(25-8-9-28(22)27-21)11-16-4-3-7-24-14-16/h5-6,8-10,16,24H,3-4,7,11-14H2,1-2H3. The number of aromatic nitrogens is 4. The molecule has 0 saturated carbocycles. The molecule has 6 heteroatoms. The Morgan fingerprint density at radius 2 is 2.21 bits per heavy atom. The van der Waals surface area contributed by atoms with Crippen molar-refractivity contribution in [2.45, 2.75) is 51.4 Å². The lowest BCUT2D eigenvalue weighted by Gasteiger charge is -2.22. The molecule has 1 unspecified atom stereocenters. The quantitative estimate of drug-likeness (QED) is 0.743. The van der Waals surface area contributed by atoms with Crippen molar-refractivity contribution in [3.8, 4) is 0 Å². The minimum Gasteiger partial charge on any atom is -0.316 e. The van der Waals surface area contributed by atoms with Gasteiger partial charge in [-0.15, -0.1) is 0 Å². The van der Waals surface area contributed by atoms with Gasteiger partial charge in [0.2, 0.25) is 0 Å². The van der Waals surface area contributed by atoms with E-state index < -0.39 is 0 Å². The Hall–Kier alpha value is -2.60. The van der Waals surface area contributed by atoms with E-state index >= 15 is 0 Å². The average molecular weight is 390 g/mol. The lowest BCUT2D eigenvalue weighted by Crippen LogP contribution is -2.31. The molecule has 2 aliphatic rings. The van der Waals surface area contributed by atoms with E-state index in [0.717, 1.165) is 53.4 Å². The van der Waals surface area contributed by atoms with Gasteiger partial charge < -0.3 is 5.32 Å². The van der Waals surface area contributed by atoms with Crippen LogP contribution in [0.15, 0.2) is 30.6 Å². The Kier molecular flexibility index (Phi) is 4.46. The van der Waals surface area contributed by atoms with E-state index in [2.05, 4.69) is 33.6 Å². The van der Waals surface area contributed by atoms with Crippen molar-refractivity contribution in [2.75, 3.05) is 13.1 Å². The second-order valence-corrected chi connectivity index (χ2v) is 8.98. The van der Waals surface area contributed by atoms with Crippen molar-refractivity contribution in [1.29, 1.82) is 0 Å². The molecule has 150 valence electrons. The third-order valence-electron chi connectivity index (χ3n) is 6.51. The van der Waals surface area contributed by atoms with Gasteiger partial charge in [-0.2, -0.15) is 5.10 Å². The second-order valence-electron chi connectivity index (χ2n) is 8.98. The smallest absolute Gasteiger partial charge is 0.177 e. The number of benzene rings is 1. The number of carbonyl (C=O) groups excluding carboxylic acids is 1. The van der Waals surface area contributed by atoms with Crippen molar-refractivity contribution in [3.05, 3.63) is 58.8 Å². The third kappa shape index (κ3) is 3.35. The van der Waals surface area contributed by atoms with E-state index in [0.29, 0.717) is 24.5 Å². The van der Waals surface area contributed by atoms with Crippen LogP contribution in [0, 0.1) is 5.92 Å². The summed E-state index contributed by atoms with van der Waals surface area (Å²) >= 11 is 0. The molecule has 0 spiro atoms. The Morgan fingerprint density at radius 1 is 1.31 bits per heavy atom. The topological polar surface area (TPSA) is 72.2 Å². The average Bonchev–Trinajstić information content (AvgIpc) is 3.21. The molecule has 1 fully saturated rings. The lowest BCUT2D eigenvalue weighted by molar-refractivity contribution is -0.121. The summed E-state index contributed by atoms with van der Waals surface area (Å²) in [7, 11) is 0. The highest BCUT2D eigenvalue weighted by molar-refractivity contribution is 5.95. The van der Waals surface area contributed by atoms with E-state index in [1.54, 1.807) is 0 Å². The van der Waals surface area contributed by atoms with Gasteiger partial charge in [0, 0.05) is 30.7 Å². The molecule has 29 heavy (non-hydrogen) atoms. The number of fused-ring (bicyclic) bond motifs is 2. The Labute approximate surface area is 170 Å². The zero-order chi connectivity index (χ0) is 20.0. The maximum absolute atomic E-state index is 12.3. The van der Waals surface area contributed by atoms with Crippen LogP contribution in [0.4, 0.5) is 0 Å². The van der Waals surface area contributed by atoms with Crippen molar-refractivity contribution < 1.29 is 4.79 Å². The van der Waals surface area contributed by atoms with E-state index in [1.165, 1.54) is 12.8 Å². The van der Waals surface area contributed by atoms with Gasteiger partial charge in [0.05, 0.1) is 5.69 Å². The number of ketones is 1. The molecule has 1 saturated heterocycles.